The zero-order chi connectivity index (χ0) is 15.5. The van der Waals surface area contributed by atoms with Gasteiger partial charge in [0, 0.05) is 10.5 Å². The number of benzene rings is 2. The number of rotatable bonds is 4. The van der Waals surface area contributed by atoms with Crippen molar-refractivity contribution < 1.29 is 4.74 Å². The van der Waals surface area contributed by atoms with Crippen LogP contribution in [0, 0.1) is 5.92 Å². The van der Waals surface area contributed by atoms with Gasteiger partial charge in [-0.3, -0.25) is 0 Å². The van der Waals surface area contributed by atoms with Gasteiger partial charge < -0.3 is 4.74 Å². The van der Waals surface area contributed by atoms with Gasteiger partial charge in [-0.2, -0.15) is 0 Å². The van der Waals surface area contributed by atoms with Crippen LogP contribution in [0.25, 0.3) is 11.1 Å². The molecule has 3 rings (SSSR count). The maximum absolute atomic E-state index is 5.79. The Hall–Kier alpha value is -1.74. The molecule has 114 valence electrons. The topological polar surface area (TPSA) is 21.6 Å². The summed E-state index contributed by atoms with van der Waals surface area (Å²) in [5, 5.41) is 0. The minimum Gasteiger partial charge on any atom is -0.475 e. The molecule has 0 fully saturated rings. The monoisotopic (exact) mass is 311 g/mol. The van der Waals surface area contributed by atoms with Gasteiger partial charge in [-0.25, -0.2) is 4.99 Å². The van der Waals surface area contributed by atoms with Crippen LogP contribution in [-0.4, -0.2) is 24.8 Å². The van der Waals surface area contributed by atoms with E-state index in [1.54, 1.807) is 11.8 Å². The minimum atomic E-state index is 0.276. The van der Waals surface area contributed by atoms with Gasteiger partial charge in [0.05, 0.1) is 6.04 Å². The molecule has 0 spiro atoms. The second-order valence-electron chi connectivity index (χ2n) is 5.87. The molecule has 1 atom stereocenters. The first-order valence-electron chi connectivity index (χ1n) is 7.63. The normalized spacial score (nSPS) is 17.5. The lowest BCUT2D eigenvalue weighted by molar-refractivity contribution is 0.292. The summed E-state index contributed by atoms with van der Waals surface area (Å²) < 4.78 is 5.79. The summed E-state index contributed by atoms with van der Waals surface area (Å²) in [7, 11) is 0. The van der Waals surface area contributed by atoms with Gasteiger partial charge in [-0.15, -0.1) is 11.8 Å². The van der Waals surface area contributed by atoms with Crippen molar-refractivity contribution in [1.29, 1.82) is 0 Å². The Balaban J connectivity index is 1.91. The molecule has 0 N–H and O–H groups in total. The quantitative estimate of drug-likeness (QED) is 0.751. The van der Waals surface area contributed by atoms with Crippen LogP contribution in [0.1, 0.15) is 19.4 Å². The third kappa shape index (κ3) is 3.20. The van der Waals surface area contributed by atoms with E-state index in [9.17, 15) is 0 Å². The number of aliphatic imine (C=N–C) groups is 1. The van der Waals surface area contributed by atoms with Crippen molar-refractivity contribution in [3.8, 4) is 11.1 Å². The van der Waals surface area contributed by atoms with Gasteiger partial charge in [0.1, 0.15) is 6.61 Å². The molecule has 0 bridgehead atoms. The van der Waals surface area contributed by atoms with Crippen molar-refractivity contribution in [3.63, 3.8) is 0 Å². The molecule has 1 heterocycles. The lowest BCUT2D eigenvalue weighted by Crippen LogP contribution is -2.13. The SMILES string of the molecule is CSc1cccc(-c2cccc(C3=N[C@@H](C(C)C)CO3)c2)c1. The molecule has 2 nitrogen and oxygen atoms in total. The van der Waals surface area contributed by atoms with Crippen molar-refractivity contribution in [1.82, 2.24) is 0 Å². The number of hydrogen-bond donors (Lipinski definition) is 0. The van der Waals surface area contributed by atoms with E-state index in [-0.39, 0.29) is 6.04 Å². The number of thioether (sulfide) groups is 1. The van der Waals surface area contributed by atoms with Gasteiger partial charge in [-0.05, 0) is 47.6 Å². The summed E-state index contributed by atoms with van der Waals surface area (Å²) in [6.07, 6.45) is 2.10. The molecule has 0 amide bonds. The Morgan fingerprint density at radius 2 is 1.73 bits per heavy atom. The summed E-state index contributed by atoms with van der Waals surface area (Å²) in [5.74, 6) is 1.29. The van der Waals surface area contributed by atoms with E-state index in [0.717, 1.165) is 11.5 Å². The van der Waals surface area contributed by atoms with Crippen molar-refractivity contribution >= 4 is 17.7 Å². The number of hydrogen-bond acceptors (Lipinski definition) is 3. The maximum atomic E-state index is 5.79. The lowest BCUT2D eigenvalue weighted by atomic mass is 10.0. The first-order chi connectivity index (χ1) is 10.7. The third-order valence-corrected chi connectivity index (χ3v) is 4.68. The van der Waals surface area contributed by atoms with E-state index in [4.69, 9.17) is 9.73 Å². The molecular weight excluding hydrogens is 290 g/mol. The standard InChI is InChI=1S/C19H21NOS/c1-13(2)18-12-21-19(20-18)16-8-4-6-14(10-16)15-7-5-9-17(11-15)22-3/h4-11,13,18H,12H2,1-3H3/t18-/m1/s1. The lowest BCUT2D eigenvalue weighted by Gasteiger charge is -2.07. The Morgan fingerprint density at radius 3 is 2.41 bits per heavy atom. The first kappa shape index (κ1) is 15.2. The predicted molar refractivity (Wildman–Crippen MR) is 94.8 cm³/mol. The van der Waals surface area contributed by atoms with Crippen molar-refractivity contribution in [3.05, 3.63) is 54.1 Å². The second kappa shape index (κ2) is 6.57. The molecule has 0 radical (unpaired) electrons. The maximum Gasteiger partial charge on any atom is 0.216 e. The molecule has 2 aromatic rings. The van der Waals surface area contributed by atoms with Gasteiger partial charge in [0.25, 0.3) is 0 Å². The van der Waals surface area contributed by atoms with Crippen molar-refractivity contribution in [2.45, 2.75) is 24.8 Å². The summed E-state index contributed by atoms with van der Waals surface area (Å²) in [5.41, 5.74) is 3.50. The summed E-state index contributed by atoms with van der Waals surface area (Å²) in [6.45, 7) is 5.06. The fraction of sp³-hybridized carbons (Fsp3) is 0.316. The molecule has 22 heavy (non-hydrogen) atoms. The highest BCUT2D eigenvalue weighted by atomic mass is 32.2. The number of ether oxygens (including phenoxy) is 1. The fourth-order valence-corrected chi connectivity index (χ4v) is 2.98. The van der Waals surface area contributed by atoms with Crippen LogP contribution in [0.15, 0.2) is 58.4 Å². The van der Waals surface area contributed by atoms with Crippen LogP contribution >= 0.6 is 11.8 Å². The Bertz CT molecular complexity index is 693. The highest BCUT2D eigenvalue weighted by Gasteiger charge is 2.22. The molecule has 1 aliphatic heterocycles. The van der Waals surface area contributed by atoms with Crippen LogP contribution in [0.4, 0.5) is 0 Å². The molecular formula is C19H21NOS. The molecule has 0 saturated heterocycles. The smallest absolute Gasteiger partial charge is 0.216 e. The van der Waals surface area contributed by atoms with Gasteiger partial charge >= 0.3 is 0 Å². The van der Waals surface area contributed by atoms with Crippen LogP contribution in [0.2, 0.25) is 0 Å². The Labute approximate surface area is 136 Å². The highest BCUT2D eigenvalue weighted by Crippen LogP contribution is 2.26. The van der Waals surface area contributed by atoms with Gasteiger partial charge in [-0.1, -0.05) is 38.1 Å². The van der Waals surface area contributed by atoms with E-state index in [1.165, 1.54) is 16.0 Å². The molecule has 0 saturated carbocycles. The zero-order valence-electron chi connectivity index (χ0n) is 13.2. The van der Waals surface area contributed by atoms with Crippen LogP contribution in [0.5, 0.6) is 0 Å². The fourth-order valence-electron chi connectivity index (χ4n) is 2.52. The summed E-state index contributed by atoms with van der Waals surface area (Å²) in [6, 6.07) is 17.3. The van der Waals surface area contributed by atoms with E-state index in [1.807, 2.05) is 0 Å². The van der Waals surface area contributed by atoms with Crippen LogP contribution in [0.3, 0.4) is 0 Å². The highest BCUT2D eigenvalue weighted by molar-refractivity contribution is 7.98. The van der Waals surface area contributed by atoms with E-state index < -0.39 is 0 Å². The van der Waals surface area contributed by atoms with E-state index in [0.29, 0.717) is 12.5 Å². The van der Waals surface area contributed by atoms with E-state index in [2.05, 4.69) is 68.6 Å². The largest absolute Gasteiger partial charge is 0.475 e. The summed E-state index contributed by atoms with van der Waals surface area (Å²) in [4.78, 5) is 5.99. The average Bonchev–Trinajstić information content (AvgIpc) is 3.05. The molecule has 0 aliphatic carbocycles. The molecule has 3 heteroatoms. The van der Waals surface area contributed by atoms with Crippen LogP contribution < -0.4 is 0 Å². The number of nitrogens with zero attached hydrogens (tertiary/aromatic N) is 1. The second-order valence-corrected chi connectivity index (χ2v) is 6.75. The average molecular weight is 311 g/mol. The molecule has 0 unspecified atom stereocenters. The van der Waals surface area contributed by atoms with Gasteiger partial charge in [0.2, 0.25) is 5.90 Å². The summed E-state index contributed by atoms with van der Waals surface area (Å²) >= 11 is 1.76. The van der Waals surface area contributed by atoms with Crippen molar-refractivity contribution in [2.75, 3.05) is 12.9 Å². The minimum absolute atomic E-state index is 0.276. The molecule has 2 aromatic carbocycles. The van der Waals surface area contributed by atoms with Crippen LogP contribution in [-0.2, 0) is 4.74 Å². The van der Waals surface area contributed by atoms with E-state index >= 15 is 0 Å². The first-order valence-corrected chi connectivity index (χ1v) is 8.85. The molecule has 0 aromatic heterocycles. The predicted octanol–water partition coefficient (Wildman–Crippen LogP) is 4.88. The Kier molecular flexibility index (Phi) is 4.53. The zero-order valence-corrected chi connectivity index (χ0v) is 14.1. The molecule has 1 aliphatic rings. The van der Waals surface area contributed by atoms with Crippen molar-refractivity contribution in [2.24, 2.45) is 10.9 Å². The third-order valence-electron chi connectivity index (χ3n) is 3.96. The Morgan fingerprint density at radius 1 is 1.05 bits per heavy atom. The van der Waals surface area contributed by atoms with Gasteiger partial charge in [0.15, 0.2) is 0 Å².